The van der Waals surface area contributed by atoms with Crippen LogP contribution in [0.25, 0.3) is 0 Å². The van der Waals surface area contributed by atoms with Crippen LogP contribution in [0.15, 0.2) is 42.5 Å². The van der Waals surface area contributed by atoms with E-state index in [2.05, 4.69) is 48.8 Å². The first-order valence-corrected chi connectivity index (χ1v) is 29.2. The molecule has 1 aromatic carbocycles. The maximum Gasteiger partial charge on any atom is 0.410 e. The van der Waals surface area contributed by atoms with E-state index in [1.165, 1.54) is 154 Å². The number of amides is 3. The third kappa shape index (κ3) is 41.5. The highest BCUT2D eigenvalue weighted by atomic mass is 16.6. The van der Waals surface area contributed by atoms with Gasteiger partial charge in [-0.15, -0.1) is 0 Å². The third-order valence-electron chi connectivity index (χ3n) is 12.3. The van der Waals surface area contributed by atoms with Crippen LogP contribution in [0.5, 0.6) is 11.5 Å². The van der Waals surface area contributed by atoms with Crippen molar-refractivity contribution in [2.24, 2.45) is 0 Å². The number of hydrogen-bond donors (Lipinski definition) is 2. The first-order valence-electron chi connectivity index (χ1n) is 29.2. The average molecular weight is 997 g/mol. The molecule has 0 radical (unpaired) electrons. The second-order valence-electron chi connectivity index (χ2n) is 21.8. The van der Waals surface area contributed by atoms with Crippen molar-refractivity contribution in [2.75, 3.05) is 39.4 Å². The van der Waals surface area contributed by atoms with Crippen LogP contribution in [0.4, 0.5) is 9.59 Å². The minimum absolute atomic E-state index is 0.159. The van der Waals surface area contributed by atoms with Crippen molar-refractivity contribution in [1.82, 2.24) is 15.5 Å². The van der Waals surface area contributed by atoms with E-state index in [1.54, 1.807) is 4.90 Å². The Balaban J connectivity index is 2.61. The molecular formula is C61H109N3O7. The van der Waals surface area contributed by atoms with E-state index in [4.69, 9.17) is 18.9 Å². The van der Waals surface area contributed by atoms with Crippen LogP contribution in [0.1, 0.15) is 271 Å². The summed E-state index contributed by atoms with van der Waals surface area (Å²) in [4.78, 5) is 40.2. The fraction of sp³-hybridized carbons (Fsp3) is 0.787. The van der Waals surface area contributed by atoms with E-state index in [0.717, 1.165) is 25.7 Å². The number of unbranched alkanes of at least 4 members (excludes halogenated alkanes) is 26. The molecule has 0 saturated heterocycles. The first-order chi connectivity index (χ1) is 34.3. The van der Waals surface area contributed by atoms with Crippen molar-refractivity contribution in [3.8, 4) is 11.5 Å². The lowest BCUT2D eigenvalue weighted by molar-refractivity contribution is 0.0241. The van der Waals surface area contributed by atoms with E-state index in [1.807, 2.05) is 59.7 Å². The number of benzene rings is 1. The summed E-state index contributed by atoms with van der Waals surface area (Å²) in [6.45, 7) is 18.8. The van der Waals surface area contributed by atoms with Gasteiger partial charge in [-0.3, -0.25) is 4.79 Å². The van der Waals surface area contributed by atoms with Crippen LogP contribution in [0.2, 0.25) is 0 Å². The Labute approximate surface area is 436 Å². The van der Waals surface area contributed by atoms with E-state index in [9.17, 15) is 14.4 Å². The number of hydrogen-bond acceptors (Lipinski definition) is 7. The minimum atomic E-state index is -0.613. The maximum atomic E-state index is 13.4. The average Bonchev–Trinajstić information content (AvgIpc) is 3.31. The van der Waals surface area contributed by atoms with Gasteiger partial charge in [0, 0.05) is 31.7 Å². The predicted molar refractivity (Wildman–Crippen MR) is 299 cm³/mol. The van der Waals surface area contributed by atoms with Gasteiger partial charge in [0.05, 0.1) is 13.2 Å². The van der Waals surface area contributed by atoms with Crippen molar-refractivity contribution in [3.05, 3.63) is 48.1 Å². The summed E-state index contributed by atoms with van der Waals surface area (Å²) >= 11 is 0. The molecule has 0 unspecified atom stereocenters. The second kappa shape index (κ2) is 43.9. The van der Waals surface area contributed by atoms with Gasteiger partial charge in [-0.2, -0.15) is 0 Å². The molecule has 10 heteroatoms. The van der Waals surface area contributed by atoms with Crippen LogP contribution in [-0.2, 0) is 9.47 Å². The van der Waals surface area contributed by atoms with Gasteiger partial charge >= 0.3 is 12.2 Å². The zero-order chi connectivity index (χ0) is 52.1. The normalized spacial score (nSPS) is 11.9. The number of carbonyl (C=O) groups excluding carboxylic acids is 3. The largest absolute Gasteiger partial charge is 0.490 e. The fourth-order valence-corrected chi connectivity index (χ4v) is 8.23. The summed E-state index contributed by atoms with van der Waals surface area (Å²) in [5.41, 5.74) is -0.624. The van der Waals surface area contributed by atoms with Crippen molar-refractivity contribution < 1.29 is 33.3 Å². The Morgan fingerprint density at radius 3 is 1.30 bits per heavy atom. The molecule has 0 aliphatic carbocycles. The Hall–Kier alpha value is -3.69. The number of allylic oxidation sites excluding steroid dienone is 4. The van der Waals surface area contributed by atoms with Gasteiger partial charge in [0.1, 0.15) is 11.2 Å². The highest BCUT2D eigenvalue weighted by Crippen LogP contribution is 2.29. The number of carbonyl (C=O) groups is 3. The van der Waals surface area contributed by atoms with E-state index < -0.39 is 17.3 Å². The van der Waals surface area contributed by atoms with Gasteiger partial charge in [-0.05, 0) is 150 Å². The van der Waals surface area contributed by atoms with Crippen molar-refractivity contribution in [3.63, 3.8) is 0 Å². The van der Waals surface area contributed by atoms with Crippen molar-refractivity contribution in [1.29, 1.82) is 0 Å². The molecule has 3 amide bonds. The molecule has 0 aromatic heterocycles. The fourth-order valence-electron chi connectivity index (χ4n) is 8.23. The zero-order valence-electron chi connectivity index (χ0n) is 47.2. The standard InChI is InChI=1S/C61H109N3O7/c1-9-11-13-15-17-19-21-23-25-27-29-31-33-35-37-43-51-68-55-46-45-54(53-56(55)69-52-44-38-36-34-32-30-28-26-24-22-20-18-16-14-12-10-2)57(65)62-47-39-41-49-64(59(67)71-61(6,7)8)50-42-40-48-63-58(66)70-60(3,4)5/h23-26,45-46,53H,9-22,27-44,47-52H2,1-8H3,(H,62,65)(H,63,66)/b25-23+,26-24+. The molecular weight excluding hydrogens is 887 g/mol. The molecule has 0 spiro atoms. The number of nitrogens with one attached hydrogen (secondary N) is 2. The molecule has 0 atom stereocenters. The smallest absolute Gasteiger partial charge is 0.410 e. The monoisotopic (exact) mass is 996 g/mol. The SMILES string of the molecule is CCCCCCCC/C=C/CCCCCCCCOc1ccc(C(=O)NCCCCN(CCCCNC(=O)OC(C)(C)C)C(=O)OC(C)(C)C)cc1OCCCCCCCC/C=C/CCCCCCCC. The third-order valence-corrected chi connectivity index (χ3v) is 12.3. The van der Waals surface area contributed by atoms with Gasteiger partial charge in [0.15, 0.2) is 11.5 Å². The van der Waals surface area contributed by atoms with Crippen LogP contribution in [0, 0.1) is 0 Å². The summed E-state index contributed by atoms with van der Waals surface area (Å²) in [5, 5.41) is 5.85. The van der Waals surface area contributed by atoms with Crippen LogP contribution < -0.4 is 20.1 Å². The Morgan fingerprint density at radius 2 is 0.859 bits per heavy atom. The van der Waals surface area contributed by atoms with Gasteiger partial charge in [0.25, 0.3) is 5.91 Å². The van der Waals surface area contributed by atoms with Crippen molar-refractivity contribution in [2.45, 2.75) is 272 Å². The molecule has 0 saturated carbocycles. The van der Waals surface area contributed by atoms with Gasteiger partial charge in [-0.25, -0.2) is 9.59 Å². The summed E-state index contributed by atoms with van der Waals surface area (Å²) in [7, 11) is 0. The number of alkyl carbamates (subject to hydrolysis) is 1. The Morgan fingerprint density at radius 1 is 0.465 bits per heavy atom. The summed E-state index contributed by atoms with van der Waals surface area (Å²) < 4.78 is 23.6. The van der Waals surface area contributed by atoms with Crippen LogP contribution >= 0.6 is 0 Å². The lowest BCUT2D eigenvalue weighted by Gasteiger charge is -2.27. The topological polar surface area (TPSA) is 115 Å². The molecule has 0 aliphatic rings. The summed E-state index contributed by atoms with van der Waals surface area (Å²) in [6, 6.07) is 5.54. The van der Waals surface area contributed by atoms with Crippen LogP contribution in [0.3, 0.4) is 0 Å². The summed E-state index contributed by atoms with van der Waals surface area (Å²) in [5.74, 6) is 1.17. The lowest BCUT2D eigenvalue weighted by Crippen LogP contribution is -2.38. The van der Waals surface area contributed by atoms with E-state index in [0.29, 0.717) is 82.1 Å². The lowest BCUT2D eigenvalue weighted by atomic mass is 10.1. The van der Waals surface area contributed by atoms with Gasteiger partial charge < -0.3 is 34.5 Å². The molecule has 1 rings (SSSR count). The Kier molecular flexibility index (Phi) is 40.3. The second-order valence-corrected chi connectivity index (χ2v) is 21.8. The zero-order valence-corrected chi connectivity index (χ0v) is 47.2. The predicted octanol–water partition coefficient (Wildman–Crippen LogP) is 17.6. The number of rotatable bonds is 45. The van der Waals surface area contributed by atoms with Gasteiger partial charge in [0.2, 0.25) is 0 Å². The minimum Gasteiger partial charge on any atom is -0.490 e. The molecule has 0 aliphatic heterocycles. The molecule has 1 aromatic rings. The summed E-state index contributed by atoms with van der Waals surface area (Å²) in [6.07, 6.45) is 46.9. The first kappa shape index (κ1) is 65.3. The molecule has 0 bridgehead atoms. The molecule has 0 fully saturated rings. The molecule has 71 heavy (non-hydrogen) atoms. The molecule has 410 valence electrons. The highest BCUT2D eigenvalue weighted by Gasteiger charge is 2.22. The molecule has 10 nitrogen and oxygen atoms in total. The Bertz CT molecular complexity index is 1510. The van der Waals surface area contributed by atoms with E-state index >= 15 is 0 Å². The quantitative estimate of drug-likeness (QED) is 0.0494. The highest BCUT2D eigenvalue weighted by molar-refractivity contribution is 5.94. The maximum absolute atomic E-state index is 13.4. The van der Waals surface area contributed by atoms with Crippen LogP contribution in [-0.4, -0.2) is 73.6 Å². The molecule has 2 N–H and O–H groups in total. The number of ether oxygens (including phenoxy) is 4. The van der Waals surface area contributed by atoms with Gasteiger partial charge in [-0.1, -0.05) is 154 Å². The van der Waals surface area contributed by atoms with Crippen molar-refractivity contribution >= 4 is 18.1 Å². The number of nitrogens with zero attached hydrogens (tertiary/aromatic N) is 1. The molecule has 0 heterocycles. The van der Waals surface area contributed by atoms with E-state index in [-0.39, 0.29) is 12.0 Å².